The molecule has 3 rings (SSSR count). The number of piperazine rings is 1. The van der Waals surface area contributed by atoms with Gasteiger partial charge in [-0.1, -0.05) is 30.3 Å². The molecule has 8 heteroatoms. The fourth-order valence-corrected chi connectivity index (χ4v) is 3.33. The molecular weight excluding hydrogens is 372 g/mol. The molecule has 0 radical (unpaired) electrons. The summed E-state index contributed by atoms with van der Waals surface area (Å²) in [7, 11) is 0. The van der Waals surface area contributed by atoms with Gasteiger partial charge in [0.2, 0.25) is 5.91 Å². The normalized spacial score (nSPS) is 16.2. The molecule has 0 bridgehead atoms. The minimum atomic E-state index is -0.490. The maximum absolute atomic E-state index is 12.6. The molecule has 0 spiro atoms. The second-order valence-electron chi connectivity index (χ2n) is 6.98. The van der Waals surface area contributed by atoms with Crippen molar-refractivity contribution in [2.45, 2.75) is 13.0 Å². The molecule has 1 fully saturated rings. The van der Waals surface area contributed by atoms with Gasteiger partial charge in [-0.15, -0.1) is 0 Å². The topological polar surface area (TPSA) is 87.9 Å². The Bertz CT molecular complexity index is 822. The Morgan fingerprint density at radius 3 is 2.45 bits per heavy atom. The van der Waals surface area contributed by atoms with Crippen molar-refractivity contribution in [3.8, 4) is 5.75 Å². The predicted octanol–water partition coefficient (Wildman–Crippen LogP) is 2.62. The van der Waals surface area contributed by atoms with Gasteiger partial charge in [0, 0.05) is 38.8 Å². The van der Waals surface area contributed by atoms with Crippen LogP contribution in [-0.4, -0.2) is 66.0 Å². The lowest BCUT2D eigenvalue weighted by Gasteiger charge is -2.37. The largest absolute Gasteiger partial charge is 0.492 e. The van der Waals surface area contributed by atoms with E-state index in [0.717, 1.165) is 38.5 Å². The van der Waals surface area contributed by atoms with E-state index in [-0.39, 0.29) is 23.3 Å². The van der Waals surface area contributed by atoms with E-state index in [1.165, 1.54) is 6.07 Å². The lowest BCUT2D eigenvalue weighted by molar-refractivity contribution is -0.383. The average molecular weight is 398 g/mol. The van der Waals surface area contributed by atoms with Crippen LogP contribution in [0.25, 0.3) is 0 Å². The van der Waals surface area contributed by atoms with Crippen LogP contribution in [-0.2, 0) is 4.79 Å². The number of hydrogen-bond acceptors (Lipinski definition) is 6. The molecule has 1 saturated heterocycles. The zero-order valence-corrected chi connectivity index (χ0v) is 16.5. The van der Waals surface area contributed by atoms with E-state index in [1.54, 1.807) is 18.2 Å². The van der Waals surface area contributed by atoms with Gasteiger partial charge in [0.05, 0.1) is 11.0 Å². The second-order valence-corrected chi connectivity index (χ2v) is 6.98. The number of benzene rings is 2. The Morgan fingerprint density at radius 1 is 1.10 bits per heavy atom. The molecule has 1 aliphatic heterocycles. The SMILES string of the molecule is C[C@H](C(=O)Nc1ccccc1[N+](=O)[O-])N1CCN(CCOc2ccccc2)CC1. The number of nitro groups is 1. The number of nitrogens with one attached hydrogen (secondary N) is 1. The maximum atomic E-state index is 12.6. The van der Waals surface area contributed by atoms with Crippen molar-refractivity contribution in [1.82, 2.24) is 9.80 Å². The van der Waals surface area contributed by atoms with Crippen LogP contribution in [0, 0.1) is 10.1 Å². The van der Waals surface area contributed by atoms with E-state index in [9.17, 15) is 14.9 Å². The molecule has 1 atom stereocenters. The highest BCUT2D eigenvalue weighted by atomic mass is 16.6. The molecule has 1 aliphatic rings. The van der Waals surface area contributed by atoms with Crippen LogP contribution in [0.1, 0.15) is 6.92 Å². The highest BCUT2D eigenvalue weighted by Crippen LogP contribution is 2.23. The molecule has 1 amide bonds. The first kappa shape index (κ1) is 20.8. The lowest BCUT2D eigenvalue weighted by Crippen LogP contribution is -2.53. The van der Waals surface area contributed by atoms with Gasteiger partial charge in [0.15, 0.2) is 0 Å². The van der Waals surface area contributed by atoms with Gasteiger partial charge in [-0.05, 0) is 25.1 Å². The van der Waals surface area contributed by atoms with Crippen molar-refractivity contribution < 1.29 is 14.5 Å². The van der Waals surface area contributed by atoms with E-state index in [2.05, 4.69) is 15.1 Å². The summed E-state index contributed by atoms with van der Waals surface area (Å²) < 4.78 is 5.74. The standard InChI is InChI=1S/C21H26N4O4/c1-17(21(26)22-19-9-5-6-10-20(19)25(27)28)24-13-11-23(12-14-24)15-16-29-18-7-3-2-4-8-18/h2-10,17H,11-16H2,1H3,(H,22,26)/t17-/m1/s1. The number of rotatable bonds is 8. The predicted molar refractivity (Wildman–Crippen MR) is 111 cm³/mol. The van der Waals surface area contributed by atoms with E-state index < -0.39 is 4.92 Å². The van der Waals surface area contributed by atoms with E-state index in [1.807, 2.05) is 37.3 Å². The van der Waals surface area contributed by atoms with Crippen molar-refractivity contribution in [2.24, 2.45) is 0 Å². The molecule has 1 heterocycles. The van der Waals surface area contributed by atoms with Gasteiger partial charge >= 0.3 is 0 Å². The Morgan fingerprint density at radius 2 is 1.76 bits per heavy atom. The summed E-state index contributed by atoms with van der Waals surface area (Å²) in [6, 6.07) is 15.6. The first-order chi connectivity index (χ1) is 14.0. The highest BCUT2D eigenvalue weighted by Gasteiger charge is 2.26. The third kappa shape index (κ3) is 5.75. The molecular formula is C21H26N4O4. The fourth-order valence-electron chi connectivity index (χ4n) is 3.33. The van der Waals surface area contributed by atoms with E-state index >= 15 is 0 Å². The van der Waals surface area contributed by atoms with Crippen LogP contribution in [0.2, 0.25) is 0 Å². The Hall–Kier alpha value is -2.97. The van der Waals surface area contributed by atoms with Crippen LogP contribution < -0.4 is 10.1 Å². The maximum Gasteiger partial charge on any atom is 0.292 e. The Kier molecular flexibility index (Phi) is 7.15. The second kappa shape index (κ2) is 9.99. The van der Waals surface area contributed by atoms with Crippen molar-refractivity contribution in [2.75, 3.05) is 44.6 Å². The minimum Gasteiger partial charge on any atom is -0.492 e. The first-order valence-electron chi connectivity index (χ1n) is 9.73. The molecule has 0 aliphatic carbocycles. The minimum absolute atomic E-state index is 0.101. The van der Waals surface area contributed by atoms with Gasteiger partial charge in [0.25, 0.3) is 5.69 Å². The van der Waals surface area contributed by atoms with Crippen molar-refractivity contribution in [3.05, 3.63) is 64.7 Å². The number of hydrogen-bond donors (Lipinski definition) is 1. The van der Waals surface area contributed by atoms with Crippen LogP contribution in [0.5, 0.6) is 5.75 Å². The fraction of sp³-hybridized carbons (Fsp3) is 0.381. The van der Waals surface area contributed by atoms with Crippen molar-refractivity contribution >= 4 is 17.3 Å². The van der Waals surface area contributed by atoms with Crippen molar-refractivity contribution in [1.29, 1.82) is 0 Å². The zero-order valence-electron chi connectivity index (χ0n) is 16.5. The summed E-state index contributed by atoms with van der Waals surface area (Å²) in [6.07, 6.45) is 0. The van der Waals surface area contributed by atoms with Gasteiger partial charge in [-0.25, -0.2) is 0 Å². The van der Waals surface area contributed by atoms with Crippen LogP contribution in [0.4, 0.5) is 11.4 Å². The first-order valence-corrected chi connectivity index (χ1v) is 9.73. The molecule has 8 nitrogen and oxygen atoms in total. The monoisotopic (exact) mass is 398 g/mol. The van der Waals surface area contributed by atoms with Gasteiger partial charge in [0.1, 0.15) is 18.0 Å². The number of ether oxygens (including phenoxy) is 1. The average Bonchev–Trinajstić information content (AvgIpc) is 2.74. The zero-order chi connectivity index (χ0) is 20.6. The van der Waals surface area contributed by atoms with Gasteiger partial charge in [-0.3, -0.25) is 24.7 Å². The molecule has 2 aromatic rings. The van der Waals surface area contributed by atoms with Crippen molar-refractivity contribution in [3.63, 3.8) is 0 Å². The number of nitrogens with zero attached hydrogens (tertiary/aromatic N) is 3. The molecule has 2 aromatic carbocycles. The van der Waals surface area contributed by atoms with E-state index in [4.69, 9.17) is 4.74 Å². The smallest absolute Gasteiger partial charge is 0.292 e. The molecule has 0 aromatic heterocycles. The number of carbonyl (C=O) groups is 1. The number of nitro benzene ring substituents is 1. The van der Waals surface area contributed by atoms with E-state index in [0.29, 0.717) is 6.61 Å². The number of carbonyl (C=O) groups excluding carboxylic acids is 1. The number of anilines is 1. The molecule has 29 heavy (non-hydrogen) atoms. The van der Waals surface area contributed by atoms with Gasteiger partial charge < -0.3 is 10.1 Å². The van der Waals surface area contributed by atoms with Gasteiger partial charge in [-0.2, -0.15) is 0 Å². The van der Waals surface area contributed by atoms with Crippen LogP contribution in [0.3, 0.4) is 0 Å². The molecule has 1 N–H and O–H groups in total. The summed E-state index contributed by atoms with van der Waals surface area (Å²) in [5.41, 5.74) is 0.127. The van der Waals surface area contributed by atoms with Crippen LogP contribution in [0.15, 0.2) is 54.6 Å². The Balaban J connectivity index is 1.44. The molecule has 0 unspecified atom stereocenters. The number of para-hydroxylation sites is 3. The highest BCUT2D eigenvalue weighted by molar-refractivity contribution is 5.96. The summed E-state index contributed by atoms with van der Waals surface area (Å²) in [5, 5.41) is 13.8. The summed E-state index contributed by atoms with van der Waals surface area (Å²) in [5.74, 6) is 0.631. The third-order valence-corrected chi connectivity index (χ3v) is 5.11. The molecule has 154 valence electrons. The third-order valence-electron chi connectivity index (χ3n) is 5.11. The quantitative estimate of drug-likeness (QED) is 0.543. The summed E-state index contributed by atoms with van der Waals surface area (Å²) >= 11 is 0. The Labute approximate surface area is 170 Å². The van der Waals surface area contributed by atoms with Crippen LogP contribution >= 0.6 is 0 Å². The summed E-state index contributed by atoms with van der Waals surface area (Å²) in [6.45, 7) is 6.51. The molecule has 0 saturated carbocycles. The number of amides is 1. The summed E-state index contributed by atoms with van der Waals surface area (Å²) in [4.78, 5) is 27.6. The lowest BCUT2D eigenvalue weighted by atomic mass is 10.2.